The quantitative estimate of drug-likeness (QED) is 0.898. The second kappa shape index (κ2) is 7.01. The summed E-state index contributed by atoms with van der Waals surface area (Å²) in [6.45, 7) is 2.12. The Bertz CT molecular complexity index is 444. The maximum atomic E-state index is 12.9. The Morgan fingerprint density at radius 2 is 2.11 bits per heavy atom. The molecule has 1 heterocycles. The molecule has 1 aliphatic rings. The van der Waals surface area contributed by atoms with Crippen LogP contribution in [0.15, 0.2) is 18.2 Å². The van der Waals surface area contributed by atoms with E-state index in [0.29, 0.717) is 23.8 Å². The van der Waals surface area contributed by atoms with Gasteiger partial charge in [-0.2, -0.15) is 0 Å². The molecule has 0 spiro atoms. The number of benzene rings is 1. The average molecular weight is 284 g/mol. The zero-order valence-corrected chi connectivity index (χ0v) is 11.7. The number of hydrogen-bond donors (Lipinski definition) is 1. The van der Waals surface area contributed by atoms with Gasteiger partial charge in [0.15, 0.2) is 0 Å². The Balaban J connectivity index is 1.80. The molecule has 1 aliphatic heterocycles. The first kappa shape index (κ1) is 14.5. The van der Waals surface area contributed by atoms with Crippen LogP contribution < -0.4 is 5.32 Å². The van der Waals surface area contributed by atoms with E-state index in [2.05, 4.69) is 5.32 Å². The molecule has 2 nitrogen and oxygen atoms in total. The molecule has 0 atom stereocenters. The Labute approximate surface area is 118 Å². The van der Waals surface area contributed by atoms with E-state index in [-0.39, 0.29) is 11.6 Å². The number of ketones is 1. The van der Waals surface area contributed by atoms with Gasteiger partial charge < -0.3 is 5.32 Å². The average Bonchev–Trinajstić information content (AvgIpc) is 2.41. The van der Waals surface area contributed by atoms with Crippen LogP contribution in [0.4, 0.5) is 4.39 Å². The zero-order valence-electron chi connectivity index (χ0n) is 10.9. The van der Waals surface area contributed by atoms with Gasteiger partial charge in [0.2, 0.25) is 0 Å². The molecule has 0 amide bonds. The highest BCUT2D eigenvalue weighted by Gasteiger charge is 2.15. The third kappa shape index (κ3) is 4.59. The molecular weight excluding hydrogens is 265 g/mol. The number of halogens is 2. The molecule has 0 aromatic heterocycles. The molecule has 0 unspecified atom stereocenters. The van der Waals surface area contributed by atoms with Crippen molar-refractivity contribution in [1.82, 2.24) is 5.32 Å². The lowest BCUT2D eigenvalue weighted by molar-refractivity contribution is -0.118. The highest BCUT2D eigenvalue weighted by molar-refractivity contribution is 6.31. The van der Waals surface area contributed by atoms with Crippen molar-refractivity contribution in [3.63, 3.8) is 0 Å². The van der Waals surface area contributed by atoms with Crippen molar-refractivity contribution < 1.29 is 9.18 Å². The lowest BCUT2D eigenvalue weighted by Crippen LogP contribution is -2.28. The fourth-order valence-corrected chi connectivity index (χ4v) is 2.74. The standard InChI is InChI=1S/C15H19ClFNO/c16-15-10-13(17)3-2-12(15)9-14(19)4-1-11-5-7-18-8-6-11/h2-3,10-11,18H,1,4-9H2. The SMILES string of the molecule is O=C(CCC1CCNCC1)Cc1ccc(F)cc1Cl. The maximum Gasteiger partial charge on any atom is 0.137 e. The Kier molecular flexibility index (Phi) is 5.34. The van der Waals surface area contributed by atoms with Crippen LogP contribution in [0.25, 0.3) is 0 Å². The Hall–Kier alpha value is -0.930. The smallest absolute Gasteiger partial charge is 0.137 e. The van der Waals surface area contributed by atoms with E-state index in [4.69, 9.17) is 11.6 Å². The molecular formula is C15H19ClFNO. The largest absolute Gasteiger partial charge is 0.317 e. The van der Waals surface area contributed by atoms with Gasteiger partial charge in [0.05, 0.1) is 0 Å². The molecule has 104 valence electrons. The minimum Gasteiger partial charge on any atom is -0.317 e. The summed E-state index contributed by atoms with van der Waals surface area (Å²) in [7, 11) is 0. The van der Waals surface area contributed by atoms with E-state index in [9.17, 15) is 9.18 Å². The summed E-state index contributed by atoms with van der Waals surface area (Å²) in [5.41, 5.74) is 0.721. The molecule has 0 bridgehead atoms. The molecule has 4 heteroatoms. The number of piperidine rings is 1. The highest BCUT2D eigenvalue weighted by Crippen LogP contribution is 2.21. The molecule has 0 radical (unpaired) electrons. The normalized spacial score (nSPS) is 16.5. The number of Topliss-reactive ketones (excluding diaryl/α,β-unsaturated/α-hetero) is 1. The predicted molar refractivity (Wildman–Crippen MR) is 74.9 cm³/mol. The van der Waals surface area contributed by atoms with E-state index in [1.807, 2.05) is 0 Å². The Morgan fingerprint density at radius 1 is 1.37 bits per heavy atom. The second-order valence-corrected chi connectivity index (χ2v) is 5.59. The van der Waals surface area contributed by atoms with Gasteiger partial charge in [0.1, 0.15) is 11.6 Å². The first-order valence-electron chi connectivity index (χ1n) is 6.81. The van der Waals surface area contributed by atoms with E-state index in [0.717, 1.165) is 37.9 Å². The summed E-state index contributed by atoms with van der Waals surface area (Å²) in [5, 5.41) is 3.66. The van der Waals surface area contributed by atoms with Crippen molar-refractivity contribution in [2.45, 2.75) is 32.1 Å². The van der Waals surface area contributed by atoms with Crippen LogP contribution in [-0.2, 0) is 11.2 Å². The lowest BCUT2D eigenvalue weighted by Gasteiger charge is -2.22. The van der Waals surface area contributed by atoms with E-state index in [1.165, 1.54) is 12.1 Å². The van der Waals surface area contributed by atoms with Gasteiger partial charge in [0.25, 0.3) is 0 Å². The van der Waals surface area contributed by atoms with Crippen molar-refractivity contribution >= 4 is 17.4 Å². The lowest BCUT2D eigenvalue weighted by atomic mass is 9.91. The fraction of sp³-hybridized carbons (Fsp3) is 0.533. The predicted octanol–water partition coefficient (Wildman–Crippen LogP) is 3.37. The van der Waals surface area contributed by atoms with Crippen LogP contribution in [0.5, 0.6) is 0 Å². The summed E-state index contributed by atoms with van der Waals surface area (Å²) < 4.78 is 12.9. The molecule has 0 aliphatic carbocycles. The van der Waals surface area contributed by atoms with Crippen molar-refractivity contribution in [3.05, 3.63) is 34.6 Å². The summed E-state index contributed by atoms with van der Waals surface area (Å²) in [5.74, 6) is 0.483. The minimum atomic E-state index is -0.365. The third-order valence-corrected chi connectivity index (χ3v) is 4.04. The molecule has 1 saturated heterocycles. The Morgan fingerprint density at radius 3 is 2.79 bits per heavy atom. The zero-order chi connectivity index (χ0) is 13.7. The van der Waals surface area contributed by atoms with Crippen molar-refractivity contribution in [3.8, 4) is 0 Å². The van der Waals surface area contributed by atoms with Crippen LogP contribution in [0.3, 0.4) is 0 Å². The second-order valence-electron chi connectivity index (χ2n) is 5.18. The fourth-order valence-electron chi connectivity index (χ4n) is 2.50. The van der Waals surface area contributed by atoms with Crippen molar-refractivity contribution in [2.24, 2.45) is 5.92 Å². The number of carbonyl (C=O) groups is 1. The van der Waals surface area contributed by atoms with E-state index in [1.54, 1.807) is 6.07 Å². The van der Waals surface area contributed by atoms with Crippen LogP contribution in [0.1, 0.15) is 31.2 Å². The topological polar surface area (TPSA) is 29.1 Å². The maximum absolute atomic E-state index is 12.9. The minimum absolute atomic E-state index is 0.187. The first-order valence-corrected chi connectivity index (χ1v) is 7.19. The molecule has 0 saturated carbocycles. The third-order valence-electron chi connectivity index (χ3n) is 3.69. The molecule has 1 fully saturated rings. The summed E-state index contributed by atoms with van der Waals surface area (Å²) in [6.07, 6.45) is 4.18. The van der Waals surface area contributed by atoms with Gasteiger partial charge in [-0.15, -0.1) is 0 Å². The van der Waals surface area contributed by atoms with Gasteiger partial charge in [0, 0.05) is 17.9 Å². The summed E-state index contributed by atoms with van der Waals surface area (Å²) in [4.78, 5) is 11.9. The van der Waals surface area contributed by atoms with Crippen molar-refractivity contribution in [1.29, 1.82) is 0 Å². The van der Waals surface area contributed by atoms with Crippen LogP contribution in [0, 0.1) is 11.7 Å². The first-order chi connectivity index (χ1) is 9.15. The number of nitrogens with one attached hydrogen (secondary N) is 1. The van der Waals surface area contributed by atoms with Gasteiger partial charge in [-0.1, -0.05) is 17.7 Å². The number of carbonyl (C=O) groups excluding carboxylic acids is 1. The van der Waals surface area contributed by atoms with E-state index < -0.39 is 0 Å². The monoisotopic (exact) mass is 283 g/mol. The molecule has 1 aromatic carbocycles. The molecule has 1 N–H and O–H groups in total. The number of hydrogen-bond acceptors (Lipinski definition) is 2. The van der Waals surface area contributed by atoms with Gasteiger partial charge in [-0.3, -0.25) is 4.79 Å². The highest BCUT2D eigenvalue weighted by atomic mass is 35.5. The number of rotatable bonds is 5. The molecule has 1 aromatic rings. The summed E-state index contributed by atoms with van der Waals surface area (Å²) in [6, 6.07) is 4.21. The van der Waals surface area contributed by atoms with Crippen LogP contribution in [0.2, 0.25) is 5.02 Å². The summed E-state index contributed by atoms with van der Waals surface area (Å²) >= 11 is 5.92. The van der Waals surface area contributed by atoms with Gasteiger partial charge in [-0.05, 0) is 56.0 Å². The van der Waals surface area contributed by atoms with Crippen LogP contribution in [-0.4, -0.2) is 18.9 Å². The van der Waals surface area contributed by atoms with Crippen molar-refractivity contribution in [2.75, 3.05) is 13.1 Å². The van der Waals surface area contributed by atoms with Crippen LogP contribution >= 0.6 is 11.6 Å². The molecule has 2 rings (SSSR count). The van der Waals surface area contributed by atoms with Gasteiger partial charge >= 0.3 is 0 Å². The van der Waals surface area contributed by atoms with E-state index >= 15 is 0 Å². The van der Waals surface area contributed by atoms with Gasteiger partial charge in [-0.25, -0.2) is 4.39 Å². The molecule has 19 heavy (non-hydrogen) atoms.